The van der Waals surface area contributed by atoms with Crippen LogP contribution < -0.4 is 5.32 Å². The van der Waals surface area contributed by atoms with Crippen molar-refractivity contribution in [3.8, 4) is 0 Å². The van der Waals surface area contributed by atoms with Crippen LogP contribution in [0.4, 0.5) is 0 Å². The molecule has 0 bridgehead atoms. The maximum absolute atomic E-state index is 12.0. The van der Waals surface area contributed by atoms with E-state index in [1.54, 1.807) is 6.07 Å². The van der Waals surface area contributed by atoms with Gasteiger partial charge in [-0.1, -0.05) is 43.2 Å². The number of fused-ring (bicyclic) bond motifs is 3. The molecular formula is C24H31NO3. The Labute approximate surface area is 167 Å². The minimum Gasteiger partial charge on any atom is -0.478 e. The largest absolute Gasteiger partial charge is 0.478 e. The lowest BCUT2D eigenvalue weighted by Crippen LogP contribution is -2.34. The van der Waals surface area contributed by atoms with Crippen molar-refractivity contribution in [3.05, 3.63) is 46.5 Å². The summed E-state index contributed by atoms with van der Waals surface area (Å²) in [4.78, 5) is 12.0. The lowest BCUT2D eigenvalue weighted by Gasteiger charge is -2.38. The van der Waals surface area contributed by atoms with E-state index in [1.807, 2.05) is 18.2 Å². The Bertz CT molecular complexity index is 789. The zero-order chi connectivity index (χ0) is 19.5. The molecule has 0 amide bonds. The van der Waals surface area contributed by atoms with Gasteiger partial charge in [-0.3, -0.25) is 0 Å². The van der Waals surface area contributed by atoms with Crippen molar-refractivity contribution < 1.29 is 14.6 Å². The zero-order valence-electron chi connectivity index (χ0n) is 16.7. The molecule has 0 spiro atoms. The molecule has 150 valence electrons. The minimum absolute atomic E-state index is 0.107. The van der Waals surface area contributed by atoms with Crippen molar-refractivity contribution in [2.75, 3.05) is 19.7 Å². The number of unbranched alkanes of at least 4 members (excludes halogenated alkanes) is 1. The van der Waals surface area contributed by atoms with E-state index in [-0.39, 0.29) is 6.10 Å². The fraction of sp³-hybridized carbons (Fsp3) is 0.542. The van der Waals surface area contributed by atoms with Gasteiger partial charge in [0.15, 0.2) is 0 Å². The van der Waals surface area contributed by atoms with Gasteiger partial charge in [-0.05, 0) is 68.3 Å². The van der Waals surface area contributed by atoms with Crippen LogP contribution in [0.2, 0.25) is 0 Å². The first-order chi connectivity index (χ1) is 13.7. The summed E-state index contributed by atoms with van der Waals surface area (Å²) in [5, 5.41) is 13.3. The van der Waals surface area contributed by atoms with E-state index >= 15 is 0 Å². The van der Waals surface area contributed by atoms with Gasteiger partial charge in [0.25, 0.3) is 0 Å². The predicted octanol–water partition coefficient (Wildman–Crippen LogP) is 4.76. The standard InChI is InChI=1S/C24H31NO3/c1-2-3-6-19-18(14-16-10-12-25-13-11-16)15-28-21-9-8-17-5-4-7-20(24(26)27)22(17)23(19)21/h4-5,7-9,16,18,21,25H,2-3,6,10-15H2,1H3,(H,26,27). The van der Waals surface area contributed by atoms with E-state index in [4.69, 9.17) is 4.74 Å². The molecule has 1 aromatic carbocycles. The average Bonchev–Trinajstić information content (AvgIpc) is 2.72. The van der Waals surface area contributed by atoms with Gasteiger partial charge in [0, 0.05) is 11.5 Å². The van der Waals surface area contributed by atoms with Crippen LogP contribution in [0.15, 0.2) is 29.8 Å². The van der Waals surface area contributed by atoms with E-state index in [0.29, 0.717) is 11.5 Å². The van der Waals surface area contributed by atoms with Gasteiger partial charge >= 0.3 is 5.97 Å². The van der Waals surface area contributed by atoms with E-state index in [9.17, 15) is 9.90 Å². The highest BCUT2D eigenvalue weighted by Crippen LogP contribution is 2.44. The number of benzene rings is 1. The smallest absolute Gasteiger partial charge is 0.336 e. The number of rotatable bonds is 6. The first-order valence-corrected chi connectivity index (χ1v) is 10.8. The van der Waals surface area contributed by atoms with Crippen LogP contribution in [0.25, 0.3) is 11.6 Å². The summed E-state index contributed by atoms with van der Waals surface area (Å²) in [6, 6.07) is 5.60. The van der Waals surface area contributed by atoms with Crippen LogP contribution in [-0.2, 0) is 4.74 Å². The number of carboxylic acid groups (broad SMARTS) is 1. The third-order valence-electron chi connectivity index (χ3n) is 6.52. The summed E-state index contributed by atoms with van der Waals surface area (Å²) < 4.78 is 6.28. The maximum Gasteiger partial charge on any atom is 0.336 e. The van der Waals surface area contributed by atoms with E-state index in [2.05, 4.69) is 18.3 Å². The Morgan fingerprint density at radius 3 is 2.86 bits per heavy atom. The SMILES string of the molecule is CCCCC1=C2c3c(cccc3C(=O)O)C=CC2OCC1CC1CCNCC1. The zero-order valence-corrected chi connectivity index (χ0v) is 16.7. The highest BCUT2D eigenvalue weighted by Gasteiger charge is 2.35. The molecule has 2 unspecified atom stereocenters. The number of piperidine rings is 1. The molecule has 0 saturated carbocycles. The Hall–Kier alpha value is -1.91. The summed E-state index contributed by atoms with van der Waals surface area (Å²) in [5.74, 6) is 0.285. The molecule has 2 aliphatic heterocycles. The Morgan fingerprint density at radius 2 is 2.11 bits per heavy atom. The molecule has 28 heavy (non-hydrogen) atoms. The van der Waals surface area contributed by atoms with Crippen LogP contribution in [0.5, 0.6) is 0 Å². The van der Waals surface area contributed by atoms with Crippen molar-refractivity contribution in [3.63, 3.8) is 0 Å². The second-order valence-electron chi connectivity index (χ2n) is 8.36. The molecule has 1 aliphatic carbocycles. The van der Waals surface area contributed by atoms with E-state index in [0.717, 1.165) is 68.0 Å². The van der Waals surface area contributed by atoms with Gasteiger partial charge < -0.3 is 15.2 Å². The third kappa shape index (κ3) is 3.81. The van der Waals surface area contributed by atoms with Crippen LogP contribution in [0.3, 0.4) is 0 Å². The van der Waals surface area contributed by atoms with Crippen LogP contribution >= 0.6 is 0 Å². The fourth-order valence-corrected chi connectivity index (χ4v) is 5.08. The second kappa shape index (κ2) is 8.62. The molecule has 1 fully saturated rings. The van der Waals surface area contributed by atoms with Gasteiger partial charge in [-0.15, -0.1) is 0 Å². The molecule has 2 atom stereocenters. The van der Waals surface area contributed by atoms with Crippen molar-refractivity contribution in [2.45, 2.75) is 51.6 Å². The van der Waals surface area contributed by atoms with Gasteiger partial charge in [0.2, 0.25) is 0 Å². The highest BCUT2D eigenvalue weighted by atomic mass is 16.5. The monoisotopic (exact) mass is 381 g/mol. The summed E-state index contributed by atoms with van der Waals surface area (Å²) in [7, 11) is 0. The Morgan fingerprint density at radius 1 is 1.29 bits per heavy atom. The van der Waals surface area contributed by atoms with Gasteiger partial charge in [0.05, 0.1) is 12.2 Å². The first-order valence-electron chi connectivity index (χ1n) is 10.8. The summed E-state index contributed by atoms with van der Waals surface area (Å²) >= 11 is 0. The van der Waals surface area contributed by atoms with Crippen LogP contribution in [-0.4, -0.2) is 36.9 Å². The highest BCUT2D eigenvalue weighted by molar-refractivity contribution is 5.99. The maximum atomic E-state index is 12.0. The van der Waals surface area contributed by atoms with Crippen LogP contribution in [0.1, 0.15) is 66.9 Å². The van der Waals surface area contributed by atoms with E-state index in [1.165, 1.54) is 18.4 Å². The van der Waals surface area contributed by atoms with Gasteiger partial charge in [0.1, 0.15) is 6.10 Å². The molecule has 0 radical (unpaired) electrons. The predicted molar refractivity (Wildman–Crippen MR) is 112 cm³/mol. The molecule has 1 saturated heterocycles. The Balaban J connectivity index is 1.77. The average molecular weight is 382 g/mol. The number of carbonyl (C=O) groups is 1. The molecule has 1 aromatic rings. The lowest BCUT2D eigenvalue weighted by molar-refractivity contribution is 0.0689. The van der Waals surface area contributed by atoms with Crippen LogP contribution in [0, 0.1) is 11.8 Å². The number of ether oxygens (including phenoxy) is 1. The molecule has 0 aromatic heterocycles. The number of hydrogen-bond acceptors (Lipinski definition) is 3. The van der Waals surface area contributed by atoms with Gasteiger partial charge in [-0.25, -0.2) is 4.79 Å². The lowest BCUT2D eigenvalue weighted by atomic mass is 9.74. The number of hydrogen-bond donors (Lipinski definition) is 2. The van der Waals surface area contributed by atoms with Crippen molar-refractivity contribution in [1.29, 1.82) is 0 Å². The van der Waals surface area contributed by atoms with E-state index < -0.39 is 5.97 Å². The number of nitrogens with one attached hydrogen (secondary N) is 1. The molecule has 3 aliphatic rings. The summed E-state index contributed by atoms with van der Waals surface area (Å²) in [6.45, 7) is 5.19. The number of carboxylic acids is 1. The minimum atomic E-state index is -0.853. The molecule has 4 nitrogen and oxygen atoms in total. The molecule has 4 rings (SSSR count). The quantitative estimate of drug-likeness (QED) is 0.746. The molecule has 2 N–H and O–H groups in total. The van der Waals surface area contributed by atoms with Crippen molar-refractivity contribution in [1.82, 2.24) is 5.32 Å². The topological polar surface area (TPSA) is 58.6 Å². The summed E-state index contributed by atoms with van der Waals surface area (Å²) in [6.07, 6.45) is 11.0. The number of aromatic carboxylic acids is 1. The molecule has 4 heteroatoms. The summed E-state index contributed by atoms with van der Waals surface area (Å²) in [5.41, 5.74) is 4.90. The Kier molecular flexibility index (Phi) is 5.98. The van der Waals surface area contributed by atoms with Crippen molar-refractivity contribution >= 4 is 17.6 Å². The first kappa shape index (κ1) is 19.4. The normalized spacial score (nSPS) is 24.8. The van der Waals surface area contributed by atoms with Gasteiger partial charge in [-0.2, -0.15) is 0 Å². The molecule has 2 heterocycles. The van der Waals surface area contributed by atoms with Crippen molar-refractivity contribution in [2.24, 2.45) is 11.8 Å². The fourth-order valence-electron chi connectivity index (χ4n) is 5.08. The molecular weight excluding hydrogens is 350 g/mol. The third-order valence-corrected chi connectivity index (χ3v) is 6.52. The second-order valence-corrected chi connectivity index (χ2v) is 8.36.